The molecule has 0 atom stereocenters. The van der Waals surface area contributed by atoms with Gasteiger partial charge in [-0.1, -0.05) is 33.1 Å². The highest BCUT2D eigenvalue weighted by atomic mass is 16.1. The molecular formula is C16H22N4O. The monoisotopic (exact) mass is 286 g/mol. The molecule has 1 saturated carbocycles. The molecule has 3 rings (SSSR count). The lowest BCUT2D eigenvalue weighted by molar-refractivity contribution is -0.120. The molecule has 0 aliphatic heterocycles. The molecule has 2 aromatic rings. The maximum atomic E-state index is 12.4. The zero-order valence-electron chi connectivity index (χ0n) is 12.7. The molecule has 0 bridgehead atoms. The molecule has 2 aromatic heterocycles. The van der Waals surface area contributed by atoms with Crippen LogP contribution in [0.1, 0.15) is 57.7 Å². The number of amides is 1. The van der Waals surface area contributed by atoms with Crippen LogP contribution in [-0.4, -0.2) is 20.5 Å². The fourth-order valence-corrected chi connectivity index (χ4v) is 2.86. The lowest BCUT2D eigenvalue weighted by atomic mass is 9.88. The number of hydrogen-bond donors (Lipinski definition) is 1. The number of rotatable bonds is 3. The maximum absolute atomic E-state index is 12.4. The van der Waals surface area contributed by atoms with E-state index in [-0.39, 0.29) is 17.7 Å². The minimum Gasteiger partial charge on any atom is -0.323 e. The van der Waals surface area contributed by atoms with Crippen LogP contribution in [-0.2, 0) is 4.79 Å². The average Bonchev–Trinajstić information content (AvgIpc) is 2.93. The van der Waals surface area contributed by atoms with Gasteiger partial charge in [-0.15, -0.1) is 0 Å². The smallest absolute Gasteiger partial charge is 0.227 e. The lowest BCUT2D eigenvalue weighted by Gasteiger charge is -2.20. The summed E-state index contributed by atoms with van der Waals surface area (Å²) >= 11 is 0. The molecule has 112 valence electrons. The Bertz CT molecular complexity index is 641. The summed E-state index contributed by atoms with van der Waals surface area (Å²) in [5.41, 5.74) is 1.48. The SMILES string of the molecule is CC(C)c1nc2c(NC(=O)C3CCCCC3)cccn2n1. The summed E-state index contributed by atoms with van der Waals surface area (Å²) in [6.45, 7) is 4.13. The van der Waals surface area contributed by atoms with Crippen molar-refractivity contribution in [1.29, 1.82) is 0 Å². The molecule has 0 radical (unpaired) electrons. The summed E-state index contributed by atoms with van der Waals surface area (Å²) < 4.78 is 1.74. The van der Waals surface area contributed by atoms with E-state index in [0.717, 1.165) is 42.8 Å². The fourth-order valence-electron chi connectivity index (χ4n) is 2.86. The Labute approximate surface area is 124 Å². The van der Waals surface area contributed by atoms with E-state index in [4.69, 9.17) is 0 Å². The van der Waals surface area contributed by atoms with Crippen molar-refractivity contribution in [3.8, 4) is 0 Å². The molecule has 5 heteroatoms. The van der Waals surface area contributed by atoms with Crippen molar-refractivity contribution in [2.75, 3.05) is 5.32 Å². The largest absolute Gasteiger partial charge is 0.323 e. The highest BCUT2D eigenvalue weighted by Gasteiger charge is 2.22. The summed E-state index contributed by atoms with van der Waals surface area (Å²) in [4.78, 5) is 16.9. The number of hydrogen-bond acceptors (Lipinski definition) is 3. The van der Waals surface area contributed by atoms with Gasteiger partial charge < -0.3 is 5.32 Å². The normalized spacial score (nSPS) is 16.5. The van der Waals surface area contributed by atoms with Crippen molar-refractivity contribution in [3.63, 3.8) is 0 Å². The van der Waals surface area contributed by atoms with Crippen molar-refractivity contribution >= 4 is 17.2 Å². The zero-order valence-corrected chi connectivity index (χ0v) is 12.7. The first kappa shape index (κ1) is 14.0. The van der Waals surface area contributed by atoms with Crippen LogP contribution in [0.3, 0.4) is 0 Å². The molecule has 1 amide bonds. The number of carbonyl (C=O) groups is 1. The van der Waals surface area contributed by atoms with E-state index in [0.29, 0.717) is 0 Å². The maximum Gasteiger partial charge on any atom is 0.227 e. The summed E-state index contributed by atoms with van der Waals surface area (Å²) in [6.07, 6.45) is 7.43. The van der Waals surface area contributed by atoms with Gasteiger partial charge in [0.15, 0.2) is 11.5 Å². The molecule has 1 N–H and O–H groups in total. The molecule has 21 heavy (non-hydrogen) atoms. The van der Waals surface area contributed by atoms with Crippen molar-refractivity contribution in [3.05, 3.63) is 24.2 Å². The number of aromatic nitrogens is 3. The quantitative estimate of drug-likeness (QED) is 0.941. The molecule has 5 nitrogen and oxygen atoms in total. The fraction of sp³-hybridized carbons (Fsp3) is 0.562. The van der Waals surface area contributed by atoms with Gasteiger partial charge in [0, 0.05) is 18.0 Å². The number of carbonyl (C=O) groups excluding carboxylic acids is 1. The number of fused-ring (bicyclic) bond motifs is 1. The van der Waals surface area contributed by atoms with E-state index in [2.05, 4.69) is 29.2 Å². The van der Waals surface area contributed by atoms with Crippen LogP contribution < -0.4 is 5.32 Å². The molecule has 1 aliphatic rings. The van der Waals surface area contributed by atoms with Crippen LogP contribution in [0.15, 0.2) is 18.3 Å². The van der Waals surface area contributed by atoms with E-state index in [1.807, 2.05) is 18.3 Å². The molecule has 1 fully saturated rings. The van der Waals surface area contributed by atoms with E-state index < -0.39 is 0 Å². The Morgan fingerprint density at radius 2 is 2.10 bits per heavy atom. The highest BCUT2D eigenvalue weighted by molar-refractivity contribution is 5.95. The predicted octanol–water partition coefficient (Wildman–Crippen LogP) is 3.37. The third-order valence-corrected chi connectivity index (χ3v) is 4.13. The van der Waals surface area contributed by atoms with Gasteiger partial charge in [-0.05, 0) is 25.0 Å². The predicted molar refractivity (Wildman–Crippen MR) is 82.3 cm³/mol. The Morgan fingerprint density at radius 3 is 2.81 bits per heavy atom. The van der Waals surface area contributed by atoms with Gasteiger partial charge in [-0.3, -0.25) is 4.79 Å². The Balaban J connectivity index is 1.84. The molecule has 1 aliphatic carbocycles. The van der Waals surface area contributed by atoms with Gasteiger partial charge >= 0.3 is 0 Å². The third-order valence-electron chi connectivity index (χ3n) is 4.13. The Hall–Kier alpha value is -1.91. The summed E-state index contributed by atoms with van der Waals surface area (Å²) in [7, 11) is 0. The van der Waals surface area contributed by atoms with Gasteiger partial charge in [-0.25, -0.2) is 9.50 Å². The van der Waals surface area contributed by atoms with Crippen molar-refractivity contribution < 1.29 is 4.79 Å². The highest BCUT2D eigenvalue weighted by Crippen LogP contribution is 2.26. The van der Waals surface area contributed by atoms with Crippen LogP contribution in [0.2, 0.25) is 0 Å². The second-order valence-corrected chi connectivity index (χ2v) is 6.14. The minimum atomic E-state index is 0.122. The first-order chi connectivity index (χ1) is 10.1. The minimum absolute atomic E-state index is 0.122. The number of nitrogens with one attached hydrogen (secondary N) is 1. The first-order valence-electron chi connectivity index (χ1n) is 7.81. The number of anilines is 1. The molecular weight excluding hydrogens is 264 g/mol. The lowest BCUT2D eigenvalue weighted by Crippen LogP contribution is -2.25. The molecule has 2 heterocycles. The van der Waals surface area contributed by atoms with Crippen LogP contribution in [0.25, 0.3) is 5.65 Å². The summed E-state index contributed by atoms with van der Waals surface area (Å²) in [5.74, 6) is 1.34. The van der Waals surface area contributed by atoms with E-state index in [1.54, 1.807) is 4.52 Å². The summed E-state index contributed by atoms with van der Waals surface area (Å²) in [6, 6.07) is 3.79. The van der Waals surface area contributed by atoms with Crippen LogP contribution in [0.5, 0.6) is 0 Å². The standard InChI is InChI=1S/C16H22N4O/c1-11(2)14-18-15-13(9-6-10-20(15)19-14)17-16(21)12-7-4-3-5-8-12/h6,9-12H,3-5,7-8H2,1-2H3,(H,17,21). The molecule has 0 aromatic carbocycles. The van der Waals surface area contributed by atoms with Crippen molar-refractivity contribution in [2.45, 2.75) is 51.9 Å². The Kier molecular flexibility index (Phi) is 3.90. The summed E-state index contributed by atoms with van der Waals surface area (Å²) in [5, 5.41) is 7.49. The third kappa shape index (κ3) is 2.91. The number of pyridine rings is 1. The molecule has 0 saturated heterocycles. The first-order valence-corrected chi connectivity index (χ1v) is 7.81. The Morgan fingerprint density at radius 1 is 1.33 bits per heavy atom. The molecule has 0 unspecified atom stereocenters. The van der Waals surface area contributed by atoms with E-state index >= 15 is 0 Å². The van der Waals surface area contributed by atoms with Gasteiger partial charge in [0.25, 0.3) is 0 Å². The second kappa shape index (κ2) is 5.84. The zero-order chi connectivity index (χ0) is 14.8. The number of nitrogens with zero attached hydrogens (tertiary/aromatic N) is 3. The molecule has 0 spiro atoms. The second-order valence-electron chi connectivity index (χ2n) is 6.14. The topological polar surface area (TPSA) is 59.3 Å². The van der Waals surface area contributed by atoms with Crippen LogP contribution in [0.4, 0.5) is 5.69 Å². The van der Waals surface area contributed by atoms with E-state index in [1.165, 1.54) is 6.42 Å². The van der Waals surface area contributed by atoms with Crippen LogP contribution in [0, 0.1) is 5.92 Å². The average molecular weight is 286 g/mol. The van der Waals surface area contributed by atoms with Gasteiger partial charge in [0.05, 0.1) is 5.69 Å². The van der Waals surface area contributed by atoms with Gasteiger partial charge in [0.2, 0.25) is 5.91 Å². The van der Waals surface area contributed by atoms with Crippen molar-refractivity contribution in [1.82, 2.24) is 14.6 Å². The van der Waals surface area contributed by atoms with E-state index in [9.17, 15) is 4.79 Å². The van der Waals surface area contributed by atoms with Crippen molar-refractivity contribution in [2.24, 2.45) is 5.92 Å². The van der Waals surface area contributed by atoms with Gasteiger partial charge in [0.1, 0.15) is 0 Å². The van der Waals surface area contributed by atoms with Gasteiger partial charge in [-0.2, -0.15) is 5.10 Å². The van der Waals surface area contributed by atoms with Crippen LogP contribution >= 0.6 is 0 Å².